The first-order chi connectivity index (χ1) is 7.45. The molecule has 1 aromatic rings. The summed E-state index contributed by atoms with van der Waals surface area (Å²) < 4.78 is 23.2. The minimum atomic E-state index is -3.44. The summed E-state index contributed by atoms with van der Waals surface area (Å²) in [5.41, 5.74) is 0.522. The first-order valence-electron chi connectivity index (χ1n) is 4.84. The molecule has 1 atom stereocenters. The minimum absolute atomic E-state index is 0.132. The van der Waals surface area contributed by atoms with Crippen molar-refractivity contribution in [2.24, 2.45) is 0 Å². The van der Waals surface area contributed by atoms with E-state index in [9.17, 15) is 8.42 Å². The Morgan fingerprint density at radius 1 is 1.44 bits per heavy atom. The summed E-state index contributed by atoms with van der Waals surface area (Å²) in [5.74, 6) is -0.300. The number of nitrogens with one attached hydrogen (secondary N) is 1. The molecule has 6 heteroatoms. The largest absolute Gasteiger partial charge is 0.395 e. The van der Waals surface area contributed by atoms with Crippen LogP contribution < -0.4 is 5.32 Å². The molecular formula is C10H15NO4S. The first-order valence-corrected chi connectivity index (χ1v) is 6.49. The molecule has 0 spiro atoms. The monoisotopic (exact) mass is 245 g/mol. The predicted octanol–water partition coefficient (Wildman–Crippen LogP) is 0.203. The summed E-state index contributed by atoms with van der Waals surface area (Å²) in [6.07, 6.45) is -0.754. The van der Waals surface area contributed by atoms with E-state index in [1.165, 1.54) is 19.1 Å². The first kappa shape index (κ1) is 13.0. The van der Waals surface area contributed by atoms with Gasteiger partial charge in [0, 0.05) is 5.69 Å². The highest BCUT2D eigenvalue weighted by Gasteiger charge is 2.13. The van der Waals surface area contributed by atoms with Crippen LogP contribution >= 0.6 is 0 Å². The predicted molar refractivity (Wildman–Crippen MR) is 60.9 cm³/mol. The van der Waals surface area contributed by atoms with Crippen molar-refractivity contribution in [3.8, 4) is 0 Å². The molecule has 1 aromatic carbocycles. The Balaban J connectivity index is 2.98. The van der Waals surface area contributed by atoms with E-state index in [2.05, 4.69) is 5.32 Å². The second-order valence-electron chi connectivity index (χ2n) is 3.39. The fourth-order valence-corrected chi connectivity index (χ4v) is 2.33. The van der Waals surface area contributed by atoms with Crippen LogP contribution in [0.25, 0.3) is 0 Å². The van der Waals surface area contributed by atoms with E-state index in [0.717, 1.165) is 0 Å². The summed E-state index contributed by atoms with van der Waals surface area (Å²) in [5, 5.41) is 20.4. The Bertz CT molecular complexity index is 442. The molecular weight excluding hydrogens is 230 g/mol. The van der Waals surface area contributed by atoms with E-state index < -0.39 is 22.7 Å². The van der Waals surface area contributed by atoms with Crippen LogP contribution in [-0.2, 0) is 9.84 Å². The Morgan fingerprint density at radius 2 is 2.12 bits per heavy atom. The summed E-state index contributed by atoms with van der Waals surface area (Å²) in [4.78, 5) is 0.132. The molecule has 90 valence electrons. The van der Waals surface area contributed by atoms with Crippen LogP contribution in [0.1, 0.15) is 6.92 Å². The fourth-order valence-electron chi connectivity index (χ4n) is 1.26. The van der Waals surface area contributed by atoms with E-state index in [-0.39, 0.29) is 10.6 Å². The lowest BCUT2D eigenvalue weighted by Gasteiger charge is -2.10. The quantitative estimate of drug-likeness (QED) is 0.645. The molecule has 0 aliphatic heterocycles. The van der Waals surface area contributed by atoms with Gasteiger partial charge in [-0.2, -0.15) is 0 Å². The third-order valence-corrected chi connectivity index (χ3v) is 3.62. The van der Waals surface area contributed by atoms with Crippen molar-refractivity contribution in [3.05, 3.63) is 24.3 Å². The van der Waals surface area contributed by atoms with Crippen molar-refractivity contribution in [3.63, 3.8) is 0 Å². The number of benzene rings is 1. The van der Waals surface area contributed by atoms with Gasteiger partial charge in [0.15, 0.2) is 9.84 Å². The zero-order valence-corrected chi connectivity index (χ0v) is 9.74. The van der Waals surface area contributed by atoms with Gasteiger partial charge >= 0.3 is 0 Å². The van der Waals surface area contributed by atoms with Gasteiger partial charge in [-0.15, -0.1) is 0 Å². The molecule has 0 aliphatic rings. The second-order valence-corrected chi connectivity index (χ2v) is 5.50. The van der Waals surface area contributed by atoms with Crippen molar-refractivity contribution in [1.29, 1.82) is 0 Å². The maximum absolute atomic E-state index is 11.6. The zero-order valence-electron chi connectivity index (χ0n) is 8.92. The fraction of sp³-hybridized carbons (Fsp3) is 0.400. The van der Waals surface area contributed by atoms with E-state index >= 15 is 0 Å². The van der Waals surface area contributed by atoms with Crippen LogP contribution in [0.15, 0.2) is 29.2 Å². The maximum Gasteiger partial charge on any atom is 0.180 e. The highest BCUT2D eigenvalue weighted by atomic mass is 32.2. The van der Waals surface area contributed by atoms with Gasteiger partial charge in [0.05, 0.1) is 17.3 Å². The molecule has 0 radical (unpaired) electrons. The van der Waals surface area contributed by atoms with Gasteiger partial charge in [0.1, 0.15) is 6.23 Å². The molecule has 0 fully saturated rings. The smallest absolute Gasteiger partial charge is 0.180 e. The standard InChI is InChI=1S/C10H15NO4S/c1-8(13)11-9-3-2-4-10(7-9)16(14,15)6-5-12/h2-4,7-8,11-13H,5-6H2,1H3. The third-order valence-electron chi connectivity index (χ3n) is 1.93. The summed E-state index contributed by atoms with van der Waals surface area (Å²) in [6, 6.07) is 6.12. The Kier molecular flexibility index (Phi) is 4.28. The molecule has 0 bridgehead atoms. The molecule has 5 nitrogen and oxygen atoms in total. The highest BCUT2D eigenvalue weighted by Crippen LogP contribution is 2.17. The summed E-state index contributed by atoms with van der Waals surface area (Å²) in [6.45, 7) is 1.13. The van der Waals surface area contributed by atoms with E-state index in [1.807, 2.05) is 0 Å². The lowest BCUT2D eigenvalue weighted by molar-refractivity contribution is 0.224. The van der Waals surface area contributed by atoms with Crippen LogP contribution in [0.5, 0.6) is 0 Å². The highest BCUT2D eigenvalue weighted by molar-refractivity contribution is 7.91. The third kappa shape index (κ3) is 3.48. The van der Waals surface area contributed by atoms with E-state index in [4.69, 9.17) is 10.2 Å². The normalized spacial score (nSPS) is 13.4. The Hall–Kier alpha value is -1.11. The molecule has 16 heavy (non-hydrogen) atoms. The molecule has 0 saturated heterocycles. The van der Waals surface area contributed by atoms with E-state index in [1.54, 1.807) is 12.1 Å². The van der Waals surface area contributed by atoms with Gasteiger partial charge in [-0.25, -0.2) is 8.42 Å². The topological polar surface area (TPSA) is 86.6 Å². The average Bonchev–Trinajstić information content (AvgIpc) is 2.17. The van der Waals surface area contributed by atoms with Gasteiger partial charge in [-0.1, -0.05) is 6.07 Å². The molecule has 1 rings (SSSR count). The van der Waals surface area contributed by atoms with Gasteiger partial charge in [-0.05, 0) is 25.1 Å². The molecule has 0 saturated carbocycles. The maximum atomic E-state index is 11.6. The second kappa shape index (κ2) is 5.29. The Labute approximate surface area is 94.7 Å². The molecule has 3 N–H and O–H groups in total. The van der Waals surface area contributed by atoms with Crippen molar-refractivity contribution in [1.82, 2.24) is 0 Å². The van der Waals surface area contributed by atoms with Gasteiger partial charge in [0.25, 0.3) is 0 Å². The number of aliphatic hydroxyl groups excluding tert-OH is 2. The van der Waals surface area contributed by atoms with Crippen molar-refractivity contribution in [2.75, 3.05) is 17.7 Å². The molecule has 0 aliphatic carbocycles. The lowest BCUT2D eigenvalue weighted by atomic mass is 10.3. The SMILES string of the molecule is CC(O)Nc1cccc(S(=O)(=O)CCO)c1. The van der Waals surface area contributed by atoms with Crippen LogP contribution in [-0.4, -0.2) is 37.2 Å². The molecule has 1 unspecified atom stereocenters. The van der Waals surface area contributed by atoms with Crippen LogP contribution in [0.2, 0.25) is 0 Å². The van der Waals surface area contributed by atoms with E-state index in [0.29, 0.717) is 5.69 Å². The number of rotatable bonds is 5. The van der Waals surface area contributed by atoms with Crippen molar-refractivity contribution >= 4 is 15.5 Å². The number of aliphatic hydroxyl groups is 2. The van der Waals surface area contributed by atoms with Crippen molar-refractivity contribution in [2.45, 2.75) is 18.0 Å². The number of hydrogen-bond donors (Lipinski definition) is 3. The average molecular weight is 245 g/mol. The van der Waals surface area contributed by atoms with Gasteiger partial charge in [0.2, 0.25) is 0 Å². The van der Waals surface area contributed by atoms with Gasteiger partial charge < -0.3 is 15.5 Å². The van der Waals surface area contributed by atoms with Crippen molar-refractivity contribution < 1.29 is 18.6 Å². The molecule has 0 amide bonds. The number of sulfone groups is 1. The summed E-state index contributed by atoms with van der Waals surface area (Å²) >= 11 is 0. The van der Waals surface area contributed by atoms with Crippen LogP contribution in [0.3, 0.4) is 0 Å². The van der Waals surface area contributed by atoms with Crippen LogP contribution in [0.4, 0.5) is 5.69 Å². The molecule has 0 heterocycles. The lowest BCUT2D eigenvalue weighted by Crippen LogP contribution is -2.14. The van der Waals surface area contributed by atoms with Crippen LogP contribution in [0, 0.1) is 0 Å². The Morgan fingerprint density at radius 3 is 2.69 bits per heavy atom. The minimum Gasteiger partial charge on any atom is -0.395 e. The summed E-state index contributed by atoms with van der Waals surface area (Å²) in [7, 11) is -3.44. The number of hydrogen-bond acceptors (Lipinski definition) is 5. The zero-order chi connectivity index (χ0) is 12.2. The van der Waals surface area contributed by atoms with Gasteiger partial charge in [-0.3, -0.25) is 0 Å². The number of anilines is 1. The molecule has 0 aromatic heterocycles.